The van der Waals surface area contributed by atoms with E-state index in [1.54, 1.807) is 0 Å². The van der Waals surface area contributed by atoms with Gasteiger partial charge in [0, 0.05) is 26.2 Å². The van der Waals surface area contributed by atoms with Crippen molar-refractivity contribution in [2.75, 3.05) is 26.2 Å². The first-order valence-corrected chi connectivity index (χ1v) is 6.94. The molecule has 2 rings (SSSR count). The lowest BCUT2D eigenvalue weighted by Gasteiger charge is -2.25. The first-order chi connectivity index (χ1) is 8.83. The zero-order chi connectivity index (χ0) is 12.8. The molecule has 0 amide bonds. The minimum absolute atomic E-state index is 0.167. The smallest absolute Gasteiger partial charge is 0.0823 e. The highest BCUT2D eigenvalue weighted by molar-refractivity contribution is 5.28. The summed E-state index contributed by atoms with van der Waals surface area (Å²) < 4.78 is 5.66. The predicted molar refractivity (Wildman–Crippen MR) is 74.5 cm³/mol. The molecule has 0 saturated carbocycles. The lowest BCUT2D eigenvalue weighted by molar-refractivity contribution is 0.0376. The van der Waals surface area contributed by atoms with Gasteiger partial charge in [0.05, 0.1) is 6.10 Å². The third kappa shape index (κ3) is 3.55. The van der Waals surface area contributed by atoms with Gasteiger partial charge in [-0.2, -0.15) is 0 Å². The lowest BCUT2D eigenvalue weighted by atomic mass is 10.0. The van der Waals surface area contributed by atoms with Crippen LogP contribution in [0.5, 0.6) is 0 Å². The lowest BCUT2D eigenvalue weighted by Crippen LogP contribution is -2.38. The molecule has 100 valence electrons. The van der Waals surface area contributed by atoms with Gasteiger partial charge >= 0.3 is 0 Å². The number of hydrogen-bond donors (Lipinski definition) is 1. The van der Waals surface area contributed by atoms with Gasteiger partial charge in [0.25, 0.3) is 0 Å². The average molecular weight is 248 g/mol. The molecule has 0 bridgehead atoms. The molecule has 0 radical (unpaired) electrons. The SMILES string of the molecule is CCOC(CN)CN1CCCc2ccccc2C1. The Kier molecular flexibility index (Phi) is 5.17. The Hall–Kier alpha value is -0.900. The second kappa shape index (κ2) is 6.88. The summed E-state index contributed by atoms with van der Waals surface area (Å²) in [5, 5.41) is 0. The molecule has 0 saturated heterocycles. The molecule has 1 aromatic carbocycles. The van der Waals surface area contributed by atoms with Gasteiger partial charge in [-0.15, -0.1) is 0 Å². The molecule has 0 aliphatic carbocycles. The molecule has 1 aromatic rings. The Morgan fingerprint density at radius 2 is 2.11 bits per heavy atom. The maximum Gasteiger partial charge on any atom is 0.0823 e. The summed E-state index contributed by atoms with van der Waals surface area (Å²) in [5.41, 5.74) is 8.72. The number of benzene rings is 1. The van der Waals surface area contributed by atoms with Crippen LogP contribution in [0.25, 0.3) is 0 Å². The van der Waals surface area contributed by atoms with Crippen molar-refractivity contribution in [3.05, 3.63) is 35.4 Å². The van der Waals surface area contributed by atoms with E-state index in [-0.39, 0.29) is 6.10 Å². The highest BCUT2D eigenvalue weighted by atomic mass is 16.5. The van der Waals surface area contributed by atoms with E-state index in [9.17, 15) is 0 Å². The van der Waals surface area contributed by atoms with Crippen molar-refractivity contribution in [1.29, 1.82) is 0 Å². The number of ether oxygens (including phenoxy) is 1. The Balaban J connectivity index is 1.99. The molecule has 3 nitrogen and oxygen atoms in total. The molecule has 2 N–H and O–H groups in total. The largest absolute Gasteiger partial charge is 0.376 e. The molecule has 1 atom stereocenters. The van der Waals surface area contributed by atoms with Crippen molar-refractivity contribution < 1.29 is 4.74 Å². The van der Waals surface area contributed by atoms with Crippen molar-refractivity contribution >= 4 is 0 Å². The summed E-state index contributed by atoms with van der Waals surface area (Å²) in [4.78, 5) is 2.47. The van der Waals surface area contributed by atoms with E-state index in [1.165, 1.54) is 24.0 Å². The molecule has 0 fully saturated rings. The summed E-state index contributed by atoms with van der Waals surface area (Å²) in [6.07, 6.45) is 2.58. The van der Waals surface area contributed by atoms with E-state index >= 15 is 0 Å². The Morgan fingerprint density at radius 1 is 1.33 bits per heavy atom. The third-order valence-corrected chi connectivity index (χ3v) is 3.56. The van der Waals surface area contributed by atoms with Crippen LogP contribution < -0.4 is 5.73 Å². The number of rotatable bonds is 5. The molecule has 1 aliphatic heterocycles. The van der Waals surface area contributed by atoms with Crippen LogP contribution >= 0.6 is 0 Å². The Morgan fingerprint density at radius 3 is 2.83 bits per heavy atom. The van der Waals surface area contributed by atoms with Crippen LogP contribution in [0.3, 0.4) is 0 Å². The molecule has 0 aromatic heterocycles. The standard InChI is InChI=1S/C15H24N2O/c1-2-18-15(10-16)12-17-9-5-8-13-6-3-4-7-14(13)11-17/h3-4,6-7,15H,2,5,8-12,16H2,1H3. The van der Waals surface area contributed by atoms with E-state index < -0.39 is 0 Å². The zero-order valence-corrected chi connectivity index (χ0v) is 11.3. The summed E-state index contributed by atoms with van der Waals surface area (Å²) in [6.45, 7) is 6.48. The van der Waals surface area contributed by atoms with Crippen LogP contribution in [0.4, 0.5) is 0 Å². The fraction of sp³-hybridized carbons (Fsp3) is 0.600. The maximum atomic E-state index is 5.76. The van der Waals surface area contributed by atoms with Crippen molar-refractivity contribution in [2.24, 2.45) is 5.73 Å². The molecular weight excluding hydrogens is 224 g/mol. The van der Waals surface area contributed by atoms with Crippen LogP contribution in [0, 0.1) is 0 Å². The highest BCUT2D eigenvalue weighted by Gasteiger charge is 2.17. The predicted octanol–water partition coefficient (Wildman–Crippen LogP) is 1.80. The average Bonchev–Trinajstić information content (AvgIpc) is 2.59. The van der Waals surface area contributed by atoms with Gasteiger partial charge in [0.15, 0.2) is 0 Å². The van der Waals surface area contributed by atoms with Crippen LogP contribution in [-0.2, 0) is 17.7 Å². The fourth-order valence-corrected chi connectivity index (χ4v) is 2.64. The number of nitrogens with zero attached hydrogens (tertiary/aromatic N) is 1. The molecule has 1 heterocycles. The second-order valence-corrected chi connectivity index (χ2v) is 4.92. The molecular formula is C15H24N2O. The molecule has 3 heteroatoms. The van der Waals surface area contributed by atoms with Crippen molar-refractivity contribution in [3.63, 3.8) is 0 Å². The van der Waals surface area contributed by atoms with Crippen LogP contribution in [0.2, 0.25) is 0 Å². The first kappa shape index (κ1) is 13.5. The number of aryl methyl sites for hydroxylation is 1. The fourth-order valence-electron chi connectivity index (χ4n) is 2.64. The molecule has 1 aliphatic rings. The second-order valence-electron chi connectivity index (χ2n) is 4.92. The van der Waals surface area contributed by atoms with Gasteiger partial charge in [-0.05, 0) is 37.4 Å². The minimum Gasteiger partial charge on any atom is -0.376 e. The van der Waals surface area contributed by atoms with Crippen molar-refractivity contribution in [3.8, 4) is 0 Å². The summed E-state index contributed by atoms with van der Waals surface area (Å²) in [6, 6.07) is 8.76. The van der Waals surface area contributed by atoms with Gasteiger partial charge in [-0.25, -0.2) is 0 Å². The summed E-state index contributed by atoms with van der Waals surface area (Å²) in [5.74, 6) is 0. The molecule has 18 heavy (non-hydrogen) atoms. The molecule has 1 unspecified atom stereocenters. The van der Waals surface area contributed by atoms with E-state index in [4.69, 9.17) is 10.5 Å². The topological polar surface area (TPSA) is 38.5 Å². The monoisotopic (exact) mass is 248 g/mol. The molecule has 0 spiro atoms. The van der Waals surface area contributed by atoms with Gasteiger partial charge in [-0.3, -0.25) is 4.90 Å². The van der Waals surface area contributed by atoms with E-state index in [2.05, 4.69) is 29.2 Å². The van der Waals surface area contributed by atoms with Gasteiger partial charge < -0.3 is 10.5 Å². The Bertz CT molecular complexity index is 367. The third-order valence-electron chi connectivity index (χ3n) is 3.56. The van der Waals surface area contributed by atoms with Gasteiger partial charge in [0.2, 0.25) is 0 Å². The normalized spacial score (nSPS) is 18.1. The van der Waals surface area contributed by atoms with Gasteiger partial charge in [0.1, 0.15) is 0 Å². The quantitative estimate of drug-likeness (QED) is 0.863. The number of hydrogen-bond acceptors (Lipinski definition) is 3. The van der Waals surface area contributed by atoms with Crippen LogP contribution in [0.1, 0.15) is 24.5 Å². The number of nitrogens with two attached hydrogens (primary N) is 1. The van der Waals surface area contributed by atoms with Gasteiger partial charge in [-0.1, -0.05) is 24.3 Å². The van der Waals surface area contributed by atoms with E-state index in [1.807, 2.05) is 6.92 Å². The van der Waals surface area contributed by atoms with Crippen LogP contribution in [-0.4, -0.2) is 37.2 Å². The Labute approximate surface area is 110 Å². The van der Waals surface area contributed by atoms with E-state index in [0.29, 0.717) is 6.54 Å². The van der Waals surface area contributed by atoms with Crippen molar-refractivity contribution in [2.45, 2.75) is 32.4 Å². The van der Waals surface area contributed by atoms with Crippen molar-refractivity contribution in [1.82, 2.24) is 4.90 Å². The highest BCUT2D eigenvalue weighted by Crippen LogP contribution is 2.18. The number of fused-ring (bicyclic) bond motifs is 1. The zero-order valence-electron chi connectivity index (χ0n) is 11.3. The first-order valence-electron chi connectivity index (χ1n) is 6.94. The van der Waals surface area contributed by atoms with E-state index in [0.717, 1.165) is 26.2 Å². The summed E-state index contributed by atoms with van der Waals surface area (Å²) >= 11 is 0. The minimum atomic E-state index is 0.167. The maximum absolute atomic E-state index is 5.76. The van der Waals surface area contributed by atoms with Crippen LogP contribution in [0.15, 0.2) is 24.3 Å². The summed E-state index contributed by atoms with van der Waals surface area (Å²) in [7, 11) is 0.